The summed E-state index contributed by atoms with van der Waals surface area (Å²) in [5.74, 6) is 0.359. The monoisotopic (exact) mass is 369 g/mol. The Labute approximate surface area is 155 Å². The zero-order chi connectivity index (χ0) is 17.8. The van der Waals surface area contributed by atoms with Crippen molar-refractivity contribution < 1.29 is 19.0 Å². The summed E-state index contributed by atoms with van der Waals surface area (Å²) in [4.78, 5) is 16.7. The maximum absolute atomic E-state index is 12.2. The number of benzene rings is 2. The average Bonchev–Trinajstić information content (AvgIpc) is 3.34. The van der Waals surface area contributed by atoms with Crippen LogP contribution < -0.4 is 4.74 Å². The third kappa shape index (κ3) is 4.03. The molecule has 1 aliphatic rings. The van der Waals surface area contributed by atoms with Crippen molar-refractivity contribution >= 4 is 27.5 Å². The molecule has 26 heavy (non-hydrogen) atoms. The Hall–Kier alpha value is -2.44. The number of thiazole rings is 1. The van der Waals surface area contributed by atoms with E-state index in [1.807, 2.05) is 24.3 Å². The molecule has 0 spiro atoms. The number of fused-ring (bicyclic) bond motifs is 1. The van der Waals surface area contributed by atoms with E-state index in [0.717, 1.165) is 40.4 Å². The van der Waals surface area contributed by atoms with Crippen LogP contribution in [-0.2, 0) is 16.1 Å². The Kier molecular flexibility index (Phi) is 5.13. The molecule has 1 aromatic heterocycles. The Bertz CT molecular complexity index is 851. The highest BCUT2D eigenvalue weighted by molar-refractivity contribution is 7.18. The van der Waals surface area contributed by atoms with Gasteiger partial charge in [0.1, 0.15) is 24.0 Å². The third-order valence-corrected chi connectivity index (χ3v) is 5.22. The van der Waals surface area contributed by atoms with Gasteiger partial charge >= 0.3 is 5.97 Å². The number of para-hydroxylation sites is 1. The number of rotatable bonds is 6. The van der Waals surface area contributed by atoms with Crippen LogP contribution in [0.15, 0.2) is 48.5 Å². The summed E-state index contributed by atoms with van der Waals surface area (Å²) in [6, 6.07) is 14.9. The molecule has 2 aromatic carbocycles. The van der Waals surface area contributed by atoms with E-state index in [9.17, 15) is 4.79 Å². The number of esters is 1. The first-order chi connectivity index (χ1) is 12.8. The minimum Gasteiger partial charge on any atom is -0.491 e. The highest BCUT2D eigenvalue weighted by Crippen LogP contribution is 2.22. The molecule has 0 N–H and O–H groups in total. The van der Waals surface area contributed by atoms with Crippen molar-refractivity contribution in [2.75, 3.05) is 13.2 Å². The normalized spacial score (nSPS) is 16.7. The number of carbonyl (C=O) groups is 1. The molecule has 134 valence electrons. The van der Waals surface area contributed by atoms with Crippen LogP contribution in [0.3, 0.4) is 0 Å². The van der Waals surface area contributed by atoms with Crippen molar-refractivity contribution in [3.05, 3.63) is 59.1 Å². The van der Waals surface area contributed by atoms with E-state index in [0.29, 0.717) is 12.2 Å². The quantitative estimate of drug-likeness (QED) is 0.609. The molecule has 2 heterocycles. The van der Waals surface area contributed by atoms with E-state index in [1.165, 1.54) is 11.3 Å². The molecular formula is C20H19NO4S. The highest BCUT2D eigenvalue weighted by Gasteiger charge is 2.16. The van der Waals surface area contributed by atoms with E-state index in [-0.39, 0.29) is 18.7 Å². The molecule has 5 nitrogen and oxygen atoms in total. The first-order valence-electron chi connectivity index (χ1n) is 8.64. The SMILES string of the molecule is O=C(OCc1nc2ccccc2s1)c1ccc(OC[C@H]2CCCO2)cc1. The molecule has 0 unspecified atom stereocenters. The Morgan fingerprint density at radius 3 is 2.81 bits per heavy atom. The number of hydrogen-bond donors (Lipinski definition) is 0. The van der Waals surface area contributed by atoms with Gasteiger partial charge in [0.05, 0.1) is 21.9 Å². The lowest BCUT2D eigenvalue weighted by Crippen LogP contribution is -2.16. The first-order valence-corrected chi connectivity index (χ1v) is 9.45. The van der Waals surface area contributed by atoms with Gasteiger partial charge in [-0.25, -0.2) is 9.78 Å². The Morgan fingerprint density at radius 2 is 2.04 bits per heavy atom. The summed E-state index contributed by atoms with van der Waals surface area (Å²) in [5, 5.41) is 0.788. The molecule has 0 saturated carbocycles. The van der Waals surface area contributed by atoms with Gasteiger partial charge in [-0.15, -0.1) is 11.3 Å². The van der Waals surface area contributed by atoms with Crippen molar-refractivity contribution in [2.24, 2.45) is 0 Å². The first kappa shape index (κ1) is 17.0. The smallest absolute Gasteiger partial charge is 0.338 e. The maximum Gasteiger partial charge on any atom is 0.338 e. The number of nitrogens with zero attached hydrogens (tertiary/aromatic N) is 1. The summed E-state index contributed by atoms with van der Waals surface area (Å²) in [7, 11) is 0. The predicted octanol–water partition coefficient (Wildman–Crippen LogP) is 4.21. The van der Waals surface area contributed by atoms with Gasteiger partial charge in [0.25, 0.3) is 0 Å². The minimum absolute atomic E-state index is 0.174. The van der Waals surface area contributed by atoms with Crippen molar-refractivity contribution in [1.82, 2.24) is 4.98 Å². The molecule has 1 aliphatic heterocycles. The van der Waals surface area contributed by atoms with Gasteiger partial charge in [-0.3, -0.25) is 0 Å². The second-order valence-corrected chi connectivity index (χ2v) is 7.24. The van der Waals surface area contributed by atoms with E-state index < -0.39 is 0 Å². The number of ether oxygens (including phenoxy) is 3. The molecular weight excluding hydrogens is 350 g/mol. The highest BCUT2D eigenvalue weighted by atomic mass is 32.1. The Morgan fingerprint density at radius 1 is 1.19 bits per heavy atom. The van der Waals surface area contributed by atoms with E-state index in [1.54, 1.807) is 24.3 Å². The molecule has 6 heteroatoms. The minimum atomic E-state index is -0.366. The summed E-state index contributed by atoms with van der Waals surface area (Å²) in [6.45, 7) is 1.53. The van der Waals surface area contributed by atoms with Crippen LogP contribution in [0.25, 0.3) is 10.2 Å². The zero-order valence-corrected chi connectivity index (χ0v) is 15.0. The van der Waals surface area contributed by atoms with Gasteiger partial charge in [-0.2, -0.15) is 0 Å². The van der Waals surface area contributed by atoms with Crippen LogP contribution in [-0.4, -0.2) is 30.3 Å². The topological polar surface area (TPSA) is 57.7 Å². The molecule has 1 atom stereocenters. The molecule has 1 fully saturated rings. The lowest BCUT2D eigenvalue weighted by molar-refractivity contribution is 0.0472. The van der Waals surface area contributed by atoms with Crippen LogP contribution in [0.5, 0.6) is 5.75 Å². The molecule has 3 aromatic rings. The van der Waals surface area contributed by atoms with Crippen molar-refractivity contribution in [2.45, 2.75) is 25.6 Å². The fourth-order valence-corrected chi connectivity index (χ4v) is 3.73. The standard InChI is InChI=1S/C20H19NO4S/c22-20(25-13-19-21-17-5-1-2-6-18(17)26-19)14-7-9-15(10-8-14)24-12-16-4-3-11-23-16/h1-2,5-10,16H,3-4,11-13H2/t16-/m1/s1. The average molecular weight is 369 g/mol. The number of carbonyl (C=O) groups excluding carboxylic acids is 1. The van der Waals surface area contributed by atoms with E-state index in [2.05, 4.69) is 4.98 Å². The fraction of sp³-hybridized carbons (Fsp3) is 0.300. The van der Waals surface area contributed by atoms with Gasteiger partial charge < -0.3 is 14.2 Å². The van der Waals surface area contributed by atoms with Gasteiger partial charge in [0, 0.05) is 6.61 Å². The molecule has 0 amide bonds. The van der Waals surface area contributed by atoms with Crippen LogP contribution in [0.4, 0.5) is 0 Å². The molecule has 1 saturated heterocycles. The van der Waals surface area contributed by atoms with Gasteiger partial charge in [0.2, 0.25) is 0 Å². The summed E-state index contributed by atoms with van der Waals surface area (Å²) in [6.07, 6.45) is 2.30. The van der Waals surface area contributed by atoms with Crippen LogP contribution in [0.2, 0.25) is 0 Å². The molecule has 0 bridgehead atoms. The van der Waals surface area contributed by atoms with Crippen molar-refractivity contribution in [3.63, 3.8) is 0 Å². The third-order valence-electron chi connectivity index (χ3n) is 4.21. The largest absolute Gasteiger partial charge is 0.491 e. The summed E-state index contributed by atoms with van der Waals surface area (Å²) >= 11 is 1.54. The second kappa shape index (κ2) is 7.85. The van der Waals surface area contributed by atoms with Crippen LogP contribution >= 0.6 is 11.3 Å². The Balaban J connectivity index is 1.31. The lowest BCUT2D eigenvalue weighted by atomic mass is 10.2. The molecule has 0 aliphatic carbocycles. The van der Waals surface area contributed by atoms with Crippen molar-refractivity contribution in [3.8, 4) is 5.75 Å². The van der Waals surface area contributed by atoms with Gasteiger partial charge in [-0.05, 0) is 49.2 Å². The fourth-order valence-electron chi connectivity index (χ4n) is 2.84. The van der Waals surface area contributed by atoms with Crippen LogP contribution in [0.1, 0.15) is 28.2 Å². The second-order valence-electron chi connectivity index (χ2n) is 6.12. The maximum atomic E-state index is 12.2. The van der Waals surface area contributed by atoms with Gasteiger partial charge in [0.15, 0.2) is 0 Å². The predicted molar refractivity (Wildman–Crippen MR) is 99.7 cm³/mol. The number of hydrogen-bond acceptors (Lipinski definition) is 6. The lowest BCUT2D eigenvalue weighted by Gasteiger charge is -2.11. The molecule has 4 rings (SSSR count). The number of aromatic nitrogens is 1. The molecule has 0 radical (unpaired) electrons. The van der Waals surface area contributed by atoms with Gasteiger partial charge in [-0.1, -0.05) is 12.1 Å². The summed E-state index contributed by atoms with van der Waals surface area (Å²) in [5.41, 5.74) is 1.42. The van der Waals surface area contributed by atoms with Crippen LogP contribution in [0, 0.1) is 0 Å². The van der Waals surface area contributed by atoms with E-state index >= 15 is 0 Å². The summed E-state index contributed by atoms with van der Waals surface area (Å²) < 4.78 is 17.7. The van der Waals surface area contributed by atoms with Crippen molar-refractivity contribution in [1.29, 1.82) is 0 Å². The van der Waals surface area contributed by atoms with E-state index in [4.69, 9.17) is 14.2 Å². The zero-order valence-electron chi connectivity index (χ0n) is 14.2.